The molecule has 9 aromatic carbocycles. The van der Waals surface area contributed by atoms with Gasteiger partial charge in [-0.2, -0.15) is 0 Å². The van der Waals surface area contributed by atoms with Crippen molar-refractivity contribution < 1.29 is 0 Å². The van der Waals surface area contributed by atoms with Gasteiger partial charge in [-0.05, 0) is 102 Å². The standard InChI is InChI=1S/C53H31N3/c1-3-14-44-42(12-1)43-13-2-4-15-45(43)50-49(44)47-16-5-6-17-48(47)56-51(50)38-10-7-9-33(30-38)34-21-23-39-35(29-34)18-19-36-31-37(22-24-40(36)39)41-26-28-55-53-46(41)25-20-32-11-8-27-54-52(32)53/h1-31H. The molecule has 258 valence electrons. The zero-order valence-electron chi connectivity index (χ0n) is 30.2. The lowest BCUT2D eigenvalue weighted by molar-refractivity contribution is 1.37. The Bertz CT molecular complexity index is 3600. The predicted octanol–water partition coefficient (Wildman–Crippen LogP) is 14.1. The molecule has 0 aliphatic heterocycles. The van der Waals surface area contributed by atoms with Gasteiger partial charge in [0, 0.05) is 44.9 Å². The summed E-state index contributed by atoms with van der Waals surface area (Å²) in [5, 5.41) is 15.7. The van der Waals surface area contributed by atoms with Gasteiger partial charge in [0.15, 0.2) is 0 Å². The lowest BCUT2D eigenvalue weighted by Gasteiger charge is -2.16. The zero-order valence-corrected chi connectivity index (χ0v) is 30.2. The van der Waals surface area contributed by atoms with Gasteiger partial charge in [0.2, 0.25) is 0 Å². The smallest absolute Gasteiger partial charge is 0.0970 e. The molecule has 0 bridgehead atoms. The first-order valence-electron chi connectivity index (χ1n) is 19.1. The van der Waals surface area contributed by atoms with Gasteiger partial charge in [-0.1, -0.05) is 140 Å². The first-order valence-corrected chi connectivity index (χ1v) is 19.1. The summed E-state index contributed by atoms with van der Waals surface area (Å²) in [5.41, 5.74) is 9.67. The van der Waals surface area contributed by atoms with E-state index in [0.29, 0.717) is 0 Å². The summed E-state index contributed by atoms with van der Waals surface area (Å²) in [6.07, 6.45) is 3.74. The molecule has 0 saturated heterocycles. The van der Waals surface area contributed by atoms with Crippen LogP contribution in [0.25, 0.3) is 120 Å². The van der Waals surface area contributed by atoms with Crippen LogP contribution in [-0.4, -0.2) is 15.0 Å². The van der Waals surface area contributed by atoms with Crippen molar-refractivity contribution in [1.29, 1.82) is 0 Å². The maximum Gasteiger partial charge on any atom is 0.0970 e. The van der Waals surface area contributed by atoms with E-state index < -0.39 is 0 Å². The molecule has 3 nitrogen and oxygen atoms in total. The number of para-hydroxylation sites is 1. The van der Waals surface area contributed by atoms with Crippen molar-refractivity contribution in [2.75, 3.05) is 0 Å². The molecule has 12 aromatic rings. The first kappa shape index (κ1) is 30.9. The third-order valence-corrected chi connectivity index (χ3v) is 11.7. The number of rotatable bonds is 3. The molecule has 3 heterocycles. The quantitative estimate of drug-likeness (QED) is 0.171. The van der Waals surface area contributed by atoms with E-state index in [4.69, 9.17) is 9.97 Å². The van der Waals surface area contributed by atoms with Crippen LogP contribution in [0.3, 0.4) is 0 Å². The highest BCUT2D eigenvalue weighted by atomic mass is 14.7. The molecule has 0 aliphatic rings. The van der Waals surface area contributed by atoms with Crippen LogP contribution in [0.4, 0.5) is 0 Å². The highest BCUT2D eigenvalue weighted by Crippen LogP contribution is 2.43. The van der Waals surface area contributed by atoms with Crippen molar-refractivity contribution in [3.8, 4) is 33.5 Å². The molecule has 0 spiro atoms. The number of hydrogen-bond donors (Lipinski definition) is 0. The van der Waals surface area contributed by atoms with Gasteiger partial charge in [-0.15, -0.1) is 0 Å². The Labute approximate surface area is 322 Å². The van der Waals surface area contributed by atoms with Crippen LogP contribution in [0.5, 0.6) is 0 Å². The van der Waals surface area contributed by atoms with Crippen molar-refractivity contribution in [3.63, 3.8) is 0 Å². The van der Waals surface area contributed by atoms with Gasteiger partial charge >= 0.3 is 0 Å². The number of nitrogens with zero attached hydrogens (tertiary/aromatic N) is 3. The molecule has 0 N–H and O–H groups in total. The number of hydrogen-bond acceptors (Lipinski definition) is 3. The molecule has 0 aliphatic carbocycles. The van der Waals surface area contributed by atoms with Crippen LogP contribution in [0.15, 0.2) is 188 Å². The number of pyridine rings is 3. The molecule has 0 saturated carbocycles. The fraction of sp³-hybridized carbons (Fsp3) is 0. The van der Waals surface area contributed by atoms with Crippen LogP contribution in [0.1, 0.15) is 0 Å². The topological polar surface area (TPSA) is 38.7 Å². The second-order valence-electron chi connectivity index (χ2n) is 14.7. The van der Waals surface area contributed by atoms with Crippen molar-refractivity contribution in [3.05, 3.63) is 188 Å². The van der Waals surface area contributed by atoms with Crippen LogP contribution in [-0.2, 0) is 0 Å². The number of aromatic nitrogens is 3. The molecule has 12 rings (SSSR count). The Hall–Kier alpha value is -7.49. The lowest BCUT2D eigenvalue weighted by atomic mass is 9.89. The summed E-state index contributed by atoms with van der Waals surface area (Å²) in [7, 11) is 0. The second-order valence-corrected chi connectivity index (χ2v) is 14.7. The SMILES string of the molecule is c1cc(-c2ccc3c(ccc4cc(-c5ccnc6c5ccc5cccnc56)ccc43)c2)cc(-c2nc3ccccc3c3c4ccccc4c4ccccc4c23)c1. The molecular formula is C53H31N3. The summed E-state index contributed by atoms with van der Waals surface area (Å²) in [4.78, 5) is 14.8. The van der Waals surface area contributed by atoms with Gasteiger partial charge in [0.1, 0.15) is 0 Å². The third kappa shape index (κ3) is 4.61. The van der Waals surface area contributed by atoms with Crippen molar-refractivity contribution in [2.24, 2.45) is 0 Å². The van der Waals surface area contributed by atoms with Crippen molar-refractivity contribution in [1.82, 2.24) is 15.0 Å². The van der Waals surface area contributed by atoms with E-state index in [1.807, 2.05) is 18.5 Å². The molecule has 0 fully saturated rings. The summed E-state index contributed by atoms with van der Waals surface area (Å²) in [6, 6.07) is 63.7. The summed E-state index contributed by atoms with van der Waals surface area (Å²) < 4.78 is 0. The molecule has 56 heavy (non-hydrogen) atoms. The normalized spacial score (nSPS) is 11.9. The van der Waals surface area contributed by atoms with Gasteiger partial charge in [-0.3, -0.25) is 9.97 Å². The largest absolute Gasteiger partial charge is 0.254 e. The summed E-state index contributed by atoms with van der Waals surface area (Å²) in [6.45, 7) is 0. The summed E-state index contributed by atoms with van der Waals surface area (Å²) in [5.74, 6) is 0. The molecule has 0 radical (unpaired) electrons. The molecule has 0 amide bonds. The van der Waals surface area contributed by atoms with E-state index in [2.05, 4.69) is 175 Å². The summed E-state index contributed by atoms with van der Waals surface area (Å²) >= 11 is 0. The zero-order chi connectivity index (χ0) is 36.7. The lowest BCUT2D eigenvalue weighted by Crippen LogP contribution is -1.93. The van der Waals surface area contributed by atoms with Gasteiger partial charge in [0.05, 0.1) is 22.2 Å². The Morgan fingerprint density at radius 1 is 0.304 bits per heavy atom. The highest BCUT2D eigenvalue weighted by Gasteiger charge is 2.18. The van der Waals surface area contributed by atoms with E-state index in [1.165, 1.54) is 75.9 Å². The monoisotopic (exact) mass is 709 g/mol. The minimum absolute atomic E-state index is 0.933. The van der Waals surface area contributed by atoms with Crippen LogP contribution in [0, 0.1) is 0 Å². The molecule has 0 unspecified atom stereocenters. The average molecular weight is 710 g/mol. The fourth-order valence-electron chi connectivity index (χ4n) is 9.10. The number of benzene rings is 9. The van der Waals surface area contributed by atoms with Gasteiger partial charge in [-0.25, -0.2) is 4.98 Å². The van der Waals surface area contributed by atoms with E-state index >= 15 is 0 Å². The van der Waals surface area contributed by atoms with E-state index in [9.17, 15) is 0 Å². The van der Waals surface area contributed by atoms with Crippen LogP contribution >= 0.6 is 0 Å². The Balaban J connectivity index is 0.989. The van der Waals surface area contributed by atoms with E-state index in [1.54, 1.807) is 0 Å². The van der Waals surface area contributed by atoms with E-state index in [-0.39, 0.29) is 0 Å². The Morgan fingerprint density at radius 3 is 1.71 bits per heavy atom. The maximum absolute atomic E-state index is 5.40. The third-order valence-electron chi connectivity index (χ3n) is 11.7. The van der Waals surface area contributed by atoms with Crippen molar-refractivity contribution >= 4 is 86.6 Å². The average Bonchev–Trinajstić information content (AvgIpc) is 3.28. The van der Waals surface area contributed by atoms with Gasteiger partial charge < -0.3 is 0 Å². The van der Waals surface area contributed by atoms with Gasteiger partial charge in [0.25, 0.3) is 0 Å². The van der Waals surface area contributed by atoms with Crippen LogP contribution in [0.2, 0.25) is 0 Å². The maximum atomic E-state index is 5.40. The number of fused-ring (bicyclic) bond motifs is 14. The predicted molar refractivity (Wildman–Crippen MR) is 236 cm³/mol. The molecular weight excluding hydrogens is 679 g/mol. The highest BCUT2D eigenvalue weighted by molar-refractivity contribution is 6.33. The Kier molecular flexibility index (Phi) is 6.63. The minimum atomic E-state index is 0.933. The minimum Gasteiger partial charge on any atom is -0.254 e. The molecule has 3 heteroatoms. The molecule has 0 atom stereocenters. The van der Waals surface area contributed by atoms with Crippen molar-refractivity contribution in [2.45, 2.75) is 0 Å². The van der Waals surface area contributed by atoms with Crippen LogP contribution < -0.4 is 0 Å². The first-order chi connectivity index (χ1) is 27.8. The fourth-order valence-corrected chi connectivity index (χ4v) is 9.10. The second kappa shape index (κ2) is 12.0. The Morgan fingerprint density at radius 2 is 0.911 bits per heavy atom. The molecule has 3 aromatic heterocycles. The van der Waals surface area contributed by atoms with E-state index in [0.717, 1.165) is 44.1 Å².